The fraction of sp³-hybridized carbons (Fsp3) is 1.00. The second-order valence-corrected chi connectivity index (χ2v) is 6.03. The van der Waals surface area contributed by atoms with Crippen molar-refractivity contribution >= 4 is 10.0 Å². The van der Waals surface area contributed by atoms with E-state index < -0.39 is 10.0 Å². The Kier molecular flexibility index (Phi) is 6.31. The van der Waals surface area contributed by atoms with Gasteiger partial charge in [0.2, 0.25) is 10.0 Å². The van der Waals surface area contributed by atoms with Crippen molar-refractivity contribution in [3.8, 4) is 0 Å². The molecule has 4 nitrogen and oxygen atoms in total. The molecule has 0 aromatic carbocycles. The topological polar surface area (TPSA) is 49.4 Å². The van der Waals surface area contributed by atoms with Crippen molar-refractivity contribution in [2.75, 3.05) is 27.2 Å². The minimum Gasteiger partial charge on any atom is -0.308 e. The Balaban J connectivity index is 3.95. The van der Waals surface area contributed by atoms with Crippen LogP contribution in [0.15, 0.2) is 0 Å². The van der Waals surface area contributed by atoms with Gasteiger partial charge in [-0.1, -0.05) is 13.3 Å². The molecule has 0 radical (unpaired) electrons. The number of nitrogens with one attached hydrogen (secondary N) is 1. The van der Waals surface area contributed by atoms with E-state index in [0.717, 1.165) is 19.4 Å². The van der Waals surface area contributed by atoms with Crippen molar-refractivity contribution in [1.82, 2.24) is 9.62 Å². The maximum atomic E-state index is 11.6. The Morgan fingerprint density at radius 3 is 2.36 bits per heavy atom. The van der Waals surface area contributed by atoms with Crippen LogP contribution in [0.4, 0.5) is 0 Å². The summed E-state index contributed by atoms with van der Waals surface area (Å²) >= 11 is 0. The van der Waals surface area contributed by atoms with E-state index in [1.54, 1.807) is 6.92 Å². The van der Waals surface area contributed by atoms with Crippen LogP contribution in [-0.2, 0) is 10.0 Å². The minimum absolute atomic E-state index is 0.283. The number of sulfonamides is 1. The molecule has 5 heteroatoms. The maximum absolute atomic E-state index is 11.6. The van der Waals surface area contributed by atoms with Crippen molar-refractivity contribution in [2.24, 2.45) is 0 Å². The standard InChI is InChI=1S/C9H22N2O2S/c1-5-6-9(2)14(12,13)10-7-8-11(3)4/h9-10H,5-8H2,1-4H3. The van der Waals surface area contributed by atoms with Gasteiger partial charge in [-0.3, -0.25) is 0 Å². The van der Waals surface area contributed by atoms with Gasteiger partial charge in [0.15, 0.2) is 0 Å². The highest BCUT2D eigenvalue weighted by molar-refractivity contribution is 7.90. The number of likely N-dealkylation sites (N-methyl/N-ethyl adjacent to an activating group) is 1. The zero-order valence-electron chi connectivity index (χ0n) is 9.58. The first-order valence-corrected chi connectivity index (χ1v) is 6.58. The lowest BCUT2D eigenvalue weighted by atomic mass is 10.3. The van der Waals surface area contributed by atoms with Gasteiger partial charge in [0, 0.05) is 13.1 Å². The average molecular weight is 222 g/mol. The summed E-state index contributed by atoms with van der Waals surface area (Å²) in [4.78, 5) is 1.95. The average Bonchev–Trinajstić information content (AvgIpc) is 2.03. The van der Waals surface area contributed by atoms with Gasteiger partial charge in [-0.05, 0) is 27.4 Å². The molecule has 0 saturated heterocycles. The van der Waals surface area contributed by atoms with Crippen LogP contribution in [0, 0.1) is 0 Å². The minimum atomic E-state index is -3.09. The lowest BCUT2D eigenvalue weighted by Gasteiger charge is -2.14. The number of hydrogen-bond acceptors (Lipinski definition) is 3. The molecule has 0 aliphatic heterocycles. The summed E-state index contributed by atoms with van der Waals surface area (Å²) in [6.07, 6.45) is 1.62. The largest absolute Gasteiger partial charge is 0.308 e. The zero-order chi connectivity index (χ0) is 11.2. The van der Waals surface area contributed by atoms with Crippen molar-refractivity contribution < 1.29 is 8.42 Å². The summed E-state index contributed by atoms with van der Waals surface area (Å²) in [5, 5.41) is -0.283. The molecule has 0 amide bonds. The molecule has 0 rings (SSSR count). The Morgan fingerprint density at radius 1 is 1.36 bits per heavy atom. The van der Waals surface area contributed by atoms with E-state index >= 15 is 0 Å². The molecular weight excluding hydrogens is 200 g/mol. The predicted octanol–water partition coefficient (Wildman–Crippen LogP) is 0.656. The number of hydrogen-bond donors (Lipinski definition) is 1. The van der Waals surface area contributed by atoms with Gasteiger partial charge < -0.3 is 4.90 Å². The molecule has 0 aliphatic rings. The van der Waals surface area contributed by atoms with E-state index in [1.807, 2.05) is 25.9 Å². The molecule has 0 aromatic rings. The van der Waals surface area contributed by atoms with Gasteiger partial charge in [-0.25, -0.2) is 13.1 Å². The summed E-state index contributed by atoms with van der Waals surface area (Å²) in [6, 6.07) is 0. The summed E-state index contributed by atoms with van der Waals surface area (Å²) in [5.74, 6) is 0. The van der Waals surface area contributed by atoms with Crippen molar-refractivity contribution in [3.63, 3.8) is 0 Å². The van der Waals surface area contributed by atoms with Gasteiger partial charge >= 0.3 is 0 Å². The van der Waals surface area contributed by atoms with E-state index in [9.17, 15) is 8.42 Å². The maximum Gasteiger partial charge on any atom is 0.214 e. The highest BCUT2D eigenvalue weighted by Gasteiger charge is 2.18. The van der Waals surface area contributed by atoms with E-state index in [4.69, 9.17) is 0 Å². The summed E-state index contributed by atoms with van der Waals surface area (Å²) in [6.45, 7) is 4.97. The molecule has 0 aliphatic carbocycles. The van der Waals surface area contributed by atoms with Crippen LogP contribution in [0.3, 0.4) is 0 Å². The van der Waals surface area contributed by atoms with E-state index in [2.05, 4.69) is 4.72 Å². The first-order chi connectivity index (χ1) is 6.40. The third-order valence-electron chi connectivity index (χ3n) is 2.09. The van der Waals surface area contributed by atoms with Crippen molar-refractivity contribution in [1.29, 1.82) is 0 Å². The zero-order valence-corrected chi connectivity index (χ0v) is 10.4. The molecule has 0 bridgehead atoms. The molecule has 1 N–H and O–H groups in total. The van der Waals surface area contributed by atoms with Crippen LogP contribution in [0.5, 0.6) is 0 Å². The second kappa shape index (κ2) is 6.37. The first kappa shape index (κ1) is 13.9. The van der Waals surface area contributed by atoms with Crippen LogP contribution < -0.4 is 4.72 Å². The second-order valence-electron chi connectivity index (χ2n) is 3.84. The van der Waals surface area contributed by atoms with Crippen LogP contribution in [0.25, 0.3) is 0 Å². The number of rotatable bonds is 7. The molecule has 0 saturated carbocycles. The Labute approximate surface area is 87.7 Å². The Hall–Kier alpha value is -0.130. The fourth-order valence-corrected chi connectivity index (χ4v) is 2.32. The van der Waals surface area contributed by atoms with Crippen LogP contribution in [0.2, 0.25) is 0 Å². The van der Waals surface area contributed by atoms with Crippen molar-refractivity contribution in [3.05, 3.63) is 0 Å². The Bertz CT molecular complexity index is 237. The predicted molar refractivity (Wildman–Crippen MR) is 59.8 cm³/mol. The van der Waals surface area contributed by atoms with Gasteiger partial charge in [-0.2, -0.15) is 0 Å². The van der Waals surface area contributed by atoms with Gasteiger partial charge in [0.05, 0.1) is 5.25 Å². The third-order valence-corrected chi connectivity index (χ3v) is 3.99. The smallest absolute Gasteiger partial charge is 0.214 e. The van der Waals surface area contributed by atoms with Crippen molar-refractivity contribution in [2.45, 2.75) is 31.9 Å². The summed E-state index contributed by atoms with van der Waals surface area (Å²) < 4.78 is 25.8. The van der Waals surface area contributed by atoms with E-state index in [0.29, 0.717) is 6.54 Å². The Morgan fingerprint density at radius 2 is 1.93 bits per heavy atom. The van der Waals surface area contributed by atoms with Gasteiger partial charge in [-0.15, -0.1) is 0 Å². The summed E-state index contributed by atoms with van der Waals surface area (Å²) in [7, 11) is 0.746. The molecule has 86 valence electrons. The quantitative estimate of drug-likeness (QED) is 0.688. The molecule has 1 atom stereocenters. The highest BCUT2D eigenvalue weighted by atomic mass is 32.2. The molecule has 1 unspecified atom stereocenters. The number of nitrogens with zero attached hydrogens (tertiary/aromatic N) is 1. The van der Waals surface area contributed by atoms with E-state index in [-0.39, 0.29) is 5.25 Å². The van der Waals surface area contributed by atoms with Crippen LogP contribution in [-0.4, -0.2) is 45.8 Å². The van der Waals surface area contributed by atoms with E-state index in [1.165, 1.54) is 0 Å². The lowest BCUT2D eigenvalue weighted by molar-refractivity contribution is 0.412. The third kappa shape index (κ3) is 5.57. The molecule has 0 heterocycles. The molecule has 0 aromatic heterocycles. The van der Waals surface area contributed by atoms with Crippen LogP contribution >= 0.6 is 0 Å². The van der Waals surface area contributed by atoms with Crippen LogP contribution in [0.1, 0.15) is 26.7 Å². The molecular formula is C9H22N2O2S. The SMILES string of the molecule is CCCC(C)S(=O)(=O)NCCN(C)C. The molecule has 0 spiro atoms. The fourth-order valence-electron chi connectivity index (χ4n) is 1.12. The molecule has 14 heavy (non-hydrogen) atoms. The highest BCUT2D eigenvalue weighted by Crippen LogP contribution is 2.05. The monoisotopic (exact) mass is 222 g/mol. The summed E-state index contributed by atoms with van der Waals surface area (Å²) in [5.41, 5.74) is 0. The molecule has 0 fully saturated rings. The first-order valence-electron chi connectivity index (χ1n) is 5.03. The lowest BCUT2D eigenvalue weighted by Crippen LogP contribution is -2.36. The van der Waals surface area contributed by atoms with Gasteiger partial charge in [0.25, 0.3) is 0 Å². The van der Waals surface area contributed by atoms with Gasteiger partial charge in [0.1, 0.15) is 0 Å². The normalized spacial score (nSPS) is 14.6.